The molecule has 0 spiro atoms. The summed E-state index contributed by atoms with van der Waals surface area (Å²) < 4.78 is 5.59. The molecule has 1 heterocycles. The first-order valence-electron chi connectivity index (χ1n) is 6.26. The highest BCUT2D eigenvalue weighted by Gasteiger charge is 2.42. The van der Waals surface area contributed by atoms with E-state index in [2.05, 4.69) is 32.1 Å². The molecule has 92 valence electrons. The van der Waals surface area contributed by atoms with Gasteiger partial charge >= 0.3 is 5.97 Å². The Kier molecular flexibility index (Phi) is 2.40. The maximum Gasteiger partial charge on any atom is 0.339 e. The highest BCUT2D eigenvalue weighted by molar-refractivity contribution is 5.94. The van der Waals surface area contributed by atoms with Crippen LogP contribution < -0.4 is 0 Å². The molecular formula is C16H16O2. The molecule has 0 bridgehead atoms. The second-order valence-corrected chi connectivity index (χ2v) is 5.36. The lowest BCUT2D eigenvalue weighted by Crippen LogP contribution is -2.24. The molecule has 2 heteroatoms. The summed E-state index contributed by atoms with van der Waals surface area (Å²) in [6.45, 7) is 4.23. The first-order valence-corrected chi connectivity index (χ1v) is 6.26. The molecule has 1 aromatic carbocycles. The van der Waals surface area contributed by atoms with Crippen molar-refractivity contribution in [3.8, 4) is 0 Å². The Morgan fingerprint density at radius 2 is 2.11 bits per heavy atom. The van der Waals surface area contributed by atoms with Gasteiger partial charge in [0.2, 0.25) is 0 Å². The van der Waals surface area contributed by atoms with E-state index < -0.39 is 0 Å². The smallest absolute Gasteiger partial charge is 0.339 e. The Balaban J connectivity index is 2.01. The molecule has 0 N–H and O–H groups in total. The quantitative estimate of drug-likeness (QED) is 0.698. The van der Waals surface area contributed by atoms with Gasteiger partial charge in [-0.3, -0.25) is 0 Å². The van der Waals surface area contributed by atoms with Crippen molar-refractivity contribution in [2.24, 2.45) is 5.41 Å². The average molecular weight is 240 g/mol. The summed E-state index contributed by atoms with van der Waals surface area (Å²) in [6, 6.07) is 7.68. The molecule has 0 radical (unpaired) electrons. The summed E-state index contributed by atoms with van der Waals surface area (Å²) >= 11 is 0. The molecule has 3 rings (SSSR count). The van der Waals surface area contributed by atoms with Gasteiger partial charge in [0.1, 0.15) is 6.10 Å². The molecule has 2 aliphatic rings. The van der Waals surface area contributed by atoms with Crippen LogP contribution in [0.2, 0.25) is 0 Å². The SMILES string of the molecule is CC1=CCC(C)(C2OC(=O)c3ccccc32)C=C1. The van der Waals surface area contributed by atoms with Gasteiger partial charge in [-0.05, 0) is 19.4 Å². The first kappa shape index (κ1) is 11.3. The van der Waals surface area contributed by atoms with E-state index in [1.807, 2.05) is 24.3 Å². The summed E-state index contributed by atoms with van der Waals surface area (Å²) in [4.78, 5) is 11.9. The predicted molar refractivity (Wildman–Crippen MR) is 70.2 cm³/mol. The number of allylic oxidation sites excluding steroid dienone is 3. The molecule has 0 fully saturated rings. The van der Waals surface area contributed by atoms with E-state index in [0.717, 1.165) is 12.0 Å². The molecule has 0 saturated heterocycles. The van der Waals surface area contributed by atoms with E-state index in [1.54, 1.807) is 0 Å². The van der Waals surface area contributed by atoms with Gasteiger partial charge in [-0.15, -0.1) is 0 Å². The van der Waals surface area contributed by atoms with Crippen molar-refractivity contribution in [1.29, 1.82) is 0 Å². The third-order valence-electron chi connectivity index (χ3n) is 3.88. The van der Waals surface area contributed by atoms with Crippen molar-refractivity contribution in [1.82, 2.24) is 0 Å². The zero-order valence-electron chi connectivity index (χ0n) is 10.6. The zero-order valence-corrected chi connectivity index (χ0v) is 10.6. The maximum atomic E-state index is 11.9. The lowest BCUT2D eigenvalue weighted by atomic mass is 9.75. The lowest BCUT2D eigenvalue weighted by molar-refractivity contribution is 0.0111. The van der Waals surface area contributed by atoms with Crippen molar-refractivity contribution < 1.29 is 9.53 Å². The Hall–Kier alpha value is -1.83. The average Bonchev–Trinajstić information content (AvgIpc) is 2.72. The third kappa shape index (κ3) is 1.60. The molecule has 0 amide bonds. The van der Waals surface area contributed by atoms with E-state index >= 15 is 0 Å². The van der Waals surface area contributed by atoms with E-state index in [-0.39, 0.29) is 17.5 Å². The first-order chi connectivity index (χ1) is 8.60. The number of fused-ring (bicyclic) bond motifs is 1. The van der Waals surface area contributed by atoms with Crippen LogP contribution in [0.4, 0.5) is 0 Å². The number of ether oxygens (including phenoxy) is 1. The van der Waals surface area contributed by atoms with E-state index in [1.165, 1.54) is 5.57 Å². The van der Waals surface area contributed by atoms with Gasteiger partial charge in [-0.2, -0.15) is 0 Å². The van der Waals surface area contributed by atoms with Crippen LogP contribution in [0.5, 0.6) is 0 Å². The largest absolute Gasteiger partial charge is 0.453 e. The summed E-state index contributed by atoms with van der Waals surface area (Å²) in [7, 11) is 0. The molecule has 2 atom stereocenters. The van der Waals surface area contributed by atoms with Gasteiger partial charge in [0, 0.05) is 11.0 Å². The zero-order chi connectivity index (χ0) is 12.8. The molecule has 1 aliphatic heterocycles. The van der Waals surface area contributed by atoms with Crippen molar-refractivity contribution in [3.05, 3.63) is 59.2 Å². The van der Waals surface area contributed by atoms with Crippen LogP contribution in [0.3, 0.4) is 0 Å². The summed E-state index contributed by atoms with van der Waals surface area (Å²) in [6.07, 6.45) is 7.22. The number of rotatable bonds is 1. The molecular weight excluding hydrogens is 224 g/mol. The minimum Gasteiger partial charge on any atom is -0.453 e. The number of esters is 1. The van der Waals surface area contributed by atoms with Crippen LogP contribution in [-0.2, 0) is 4.74 Å². The van der Waals surface area contributed by atoms with Crippen LogP contribution in [0.15, 0.2) is 48.1 Å². The summed E-state index contributed by atoms with van der Waals surface area (Å²) in [5, 5.41) is 0. The predicted octanol–water partition coefficient (Wildman–Crippen LogP) is 3.81. The fourth-order valence-electron chi connectivity index (χ4n) is 2.67. The third-order valence-corrected chi connectivity index (χ3v) is 3.88. The number of carbonyl (C=O) groups excluding carboxylic acids is 1. The van der Waals surface area contributed by atoms with Gasteiger partial charge in [0.25, 0.3) is 0 Å². The standard InChI is InChI=1S/C16H16O2/c1-11-7-9-16(2,10-8-11)14-12-5-3-4-6-13(12)15(17)18-14/h3-9,14H,10H2,1-2H3. The van der Waals surface area contributed by atoms with E-state index in [9.17, 15) is 4.79 Å². The van der Waals surface area contributed by atoms with Gasteiger partial charge in [-0.1, -0.05) is 48.9 Å². The Bertz CT molecular complexity index is 568. The topological polar surface area (TPSA) is 26.3 Å². The van der Waals surface area contributed by atoms with Crippen molar-refractivity contribution in [3.63, 3.8) is 0 Å². The van der Waals surface area contributed by atoms with Crippen molar-refractivity contribution in [2.75, 3.05) is 0 Å². The molecule has 2 nitrogen and oxygen atoms in total. The van der Waals surface area contributed by atoms with Crippen molar-refractivity contribution >= 4 is 5.97 Å². The highest BCUT2D eigenvalue weighted by Crippen LogP contribution is 2.47. The number of hydrogen-bond acceptors (Lipinski definition) is 2. The molecule has 1 aliphatic carbocycles. The normalized spacial score (nSPS) is 29.8. The van der Waals surface area contributed by atoms with Gasteiger partial charge < -0.3 is 4.74 Å². The number of carbonyl (C=O) groups is 1. The number of hydrogen-bond donors (Lipinski definition) is 0. The van der Waals surface area contributed by atoms with Gasteiger partial charge in [-0.25, -0.2) is 4.79 Å². The Morgan fingerprint density at radius 3 is 2.83 bits per heavy atom. The van der Waals surface area contributed by atoms with Crippen LogP contribution in [0, 0.1) is 5.41 Å². The van der Waals surface area contributed by atoms with Crippen molar-refractivity contribution in [2.45, 2.75) is 26.4 Å². The highest BCUT2D eigenvalue weighted by atomic mass is 16.5. The molecule has 0 aromatic heterocycles. The van der Waals surface area contributed by atoms with E-state index in [0.29, 0.717) is 5.56 Å². The number of benzene rings is 1. The van der Waals surface area contributed by atoms with Crippen LogP contribution in [0.25, 0.3) is 0 Å². The maximum absolute atomic E-state index is 11.9. The Labute approximate surface area is 107 Å². The minimum atomic E-state index is -0.198. The minimum absolute atomic E-state index is 0.137. The van der Waals surface area contributed by atoms with Gasteiger partial charge in [0.15, 0.2) is 0 Å². The fourth-order valence-corrected chi connectivity index (χ4v) is 2.67. The molecule has 0 saturated carbocycles. The van der Waals surface area contributed by atoms with Crippen LogP contribution in [-0.4, -0.2) is 5.97 Å². The Morgan fingerprint density at radius 1 is 1.33 bits per heavy atom. The second-order valence-electron chi connectivity index (χ2n) is 5.36. The van der Waals surface area contributed by atoms with Crippen LogP contribution in [0.1, 0.15) is 42.3 Å². The fraction of sp³-hybridized carbons (Fsp3) is 0.312. The lowest BCUT2D eigenvalue weighted by Gasteiger charge is -2.33. The molecule has 18 heavy (non-hydrogen) atoms. The van der Waals surface area contributed by atoms with Crippen LogP contribution >= 0.6 is 0 Å². The molecule has 2 unspecified atom stereocenters. The molecule has 1 aromatic rings. The van der Waals surface area contributed by atoms with E-state index in [4.69, 9.17) is 4.74 Å². The second kappa shape index (κ2) is 3.84. The summed E-state index contributed by atoms with van der Waals surface area (Å²) in [5.41, 5.74) is 2.86. The monoisotopic (exact) mass is 240 g/mol. The summed E-state index contributed by atoms with van der Waals surface area (Å²) in [5.74, 6) is -0.198. The van der Waals surface area contributed by atoms with Gasteiger partial charge in [0.05, 0.1) is 5.56 Å². The number of cyclic esters (lactones) is 1.